The Hall–Kier alpha value is -2.83. The maximum Gasteiger partial charge on any atom is 0.471 e. The van der Waals surface area contributed by atoms with E-state index in [2.05, 4.69) is 32.9 Å². The number of terminal acetylenes is 1. The molecule has 1 aliphatic carbocycles. The van der Waals surface area contributed by atoms with Crippen LogP contribution in [0.1, 0.15) is 34.8 Å². The lowest BCUT2D eigenvalue weighted by atomic mass is 10.1. The predicted octanol–water partition coefficient (Wildman–Crippen LogP) is 3.35. The summed E-state index contributed by atoms with van der Waals surface area (Å²) >= 11 is 6.23. The molecule has 10 heteroatoms. The predicted molar refractivity (Wildman–Crippen MR) is 116 cm³/mol. The molecule has 0 spiro atoms. The third-order valence-corrected chi connectivity index (χ3v) is 6.84. The minimum absolute atomic E-state index is 0.0713. The molecular weight excluding hydrogens is 455 g/mol. The third kappa shape index (κ3) is 3.91. The topological polar surface area (TPSA) is 52.6 Å². The van der Waals surface area contributed by atoms with Gasteiger partial charge < -0.3 is 9.80 Å². The number of carbonyl (C=O) groups excluding carboxylic acids is 1. The maximum atomic E-state index is 12.9. The van der Waals surface area contributed by atoms with Crippen LogP contribution in [0.2, 0.25) is 5.28 Å². The molecule has 1 fully saturated rings. The van der Waals surface area contributed by atoms with Crippen molar-refractivity contribution >= 4 is 23.3 Å². The molecule has 1 amide bonds. The summed E-state index contributed by atoms with van der Waals surface area (Å²) < 4.78 is 38.7. The van der Waals surface area contributed by atoms with Gasteiger partial charge in [0.25, 0.3) is 0 Å². The SMILES string of the molecule is C#CC1CN(C(=O)C(F)(F)F)CCN1c1nc(Cl)nc2c1CN(C1CCc3ccccc31)C2. The van der Waals surface area contributed by atoms with Crippen molar-refractivity contribution in [3.8, 4) is 12.3 Å². The Bertz CT molecular complexity index is 1150. The molecule has 6 nitrogen and oxygen atoms in total. The van der Waals surface area contributed by atoms with Crippen molar-refractivity contribution < 1.29 is 18.0 Å². The maximum absolute atomic E-state index is 12.9. The van der Waals surface area contributed by atoms with Crippen molar-refractivity contribution in [3.63, 3.8) is 0 Å². The monoisotopic (exact) mass is 475 g/mol. The number of hydrogen-bond donors (Lipinski definition) is 0. The van der Waals surface area contributed by atoms with Crippen molar-refractivity contribution in [2.24, 2.45) is 0 Å². The van der Waals surface area contributed by atoms with Crippen LogP contribution in [0.3, 0.4) is 0 Å². The summed E-state index contributed by atoms with van der Waals surface area (Å²) in [6, 6.07) is 7.91. The second kappa shape index (κ2) is 8.19. The zero-order valence-electron chi connectivity index (χ0n) is 17.6. The van der Waals surface area contributed by atoms with Gasteiger partial charge in [0, 0.05) is 37.8 Å². The Morgan fingerprint density at radius 1 is 1.18 bits per heavy atom. The van der Waals surface area contributed by atoms with E-state index in [9.17, 15) is 18.0 Å². The molecule has 172 valence electrons. The van der Waals surface area contributed by atoms with Crippen LogP contribution in [0, 0.1) is 12.3 Å². The highest BCUT2D eigenvalue weighted by Gasteiger charge is 2.45. The first-order valence-corrected chi connectivity index (χ1v) is 11.1. The van der Waals surface area contributed by atoms with E-state index in [1.54, 1.807) is 4.90 Å². The lowest BCUT2D eigenvalue weighted by Gasteiger charge is -2.40. The number of aromatic nitrogens is 2. The fourth-order valence-electron chi connectivity index (χ4n) is 5.15. The molecule has 2 aliphatic heterocycles. The average Bonchev–Trinajstić information content (AvgIpc) is 3.40. The number of aryl methyl sites for hydroxylation is 1. The van der Waals surface area contributed by atoms with Gasteiger partial charge in [0.15, 0.2) is 0 Å². The minimum Gasteiger partial charge on any atom is -0.339 e. The molecule has 0 bridgehead atoms. The van der Waals surface area contributed by atoms with E-state index in [1.807, 2.05) is 12.1 Å². The van der Waals surface area contributed by atoms with Crippen LogP contribution < -0.4 is 4.90 Å². The number of fused-ring (bicyclic) bond motifs is 2. The molecule has 1 aromatic carbocycles. The molecule has 1 saturated heterocycles. The van der Waals surface area contributed by atoms with Gasteiger partial charge in [-0.15, -0.1) is 6.42 Å². The summed E-state index contributed by atoms with van der Waals surface area (Å²) in [6.45, 7) is 0.997. The van der Waals surface area contributed by atoms with E-state index in [0.29, 0.717) is 18.9 Å². The molecule has 0 radical (unpaired) electrons. The summed E-state index contributed by atoms with van der Waals surface area (Å²) in [5.41, 5.74) is 4.35. The lowest BCUT2D eigenvalue weighted by molar-refractivity contribution is -0.186. The van der Waals surface area contributed by atoms with Gasteiger partial charge in [-0.05, 0) is 35.6 Å². The molecule has 2 unspecified atom stereocenters. The van der Waals surface area contributed by atoms with Crippen molar-refractivity contribution in [3.05, 3.63) is 51.9 Å². The molecule has 33 heavy (non-hydrogen) atoms. The molecule has 2 aromatic rings. The van der Waals surface area contributed by atoms with Gasteiger partial charge in [0.2, 0.25) is 5.28 Å². The number of amides is 1. The molecule has 5 rings (SSSR count). The zero-order chi connectivity index (χ0) is 23.3. The van der Waals surface area contributed by atoms with Crippen LogP contribution in [-0.2, 0) is 24.3 Å². The number of nitrogens with zero attached hydrogens (tertiary/aromatic N) is 5. The van der Waals surface area contributed by atoms with Crippen LogP contribution >= 0.6 is 11.6 Å². The first-order valence-electron chi connectivity index (χ1n) is 10.7. The Morgan fingerprint density at radius 3 is 2.73 bits per heavy atom. The van der Waals surface area contributed by atoms with Gasteiger partial charge in [-0.25, -0.2) is 9.97 Å². The van der Waals surface area contributed by atoms with Gasteiger partial charge in [0.1, 0.15) is 11.9 Å². The third-order valence-electron chi connectivity index (χ3n) is 6.67. The van der Waals surface area contributed by atoms with Gasteiger partial charge >= 0.3 is 12.1 Å². The normalized spacial score (nSPS) is 22.8. The number of halogens is 4. The Balaban J connectivity index is 1.41. The Kier molecular flexibility index (Phi) is 5.46. The molecular formula is C23H21ClF3N5O. The first kappa shape index (κ1) is 22.0. The van der Waals surface area contributed by atoms with Crippen molar-refractivity contribution in [1.29, 1.82) is 0 Å². The van der Waals surface area contributed by atoms with E-state index >= 15 is 0 Å². The van der Waals surface area contributed by atoms with Crippen molar-refractivity contribution in [1.82, 2.24) is 19.8 Å². The van der Waals surface area contributed by atoms with E-state index in [4.69, 9.17) is 18.0 Å². The number of piperazine rings is 1. The second-order valence-electron chi connectivity index (χ2n) is 8.52. The summed E-state index contributed by atoms with van der Waals surface area (Å²) in [5, 5.41) is 0.0713. The molecule has 3 aliphatic rings. The van der Waals surface area contributed by atoms with Crippen LogP contribution in [0.15, 0.2) is 24.3 Å². The number of carbonyl (C=O) groups is 1. The number of rotatable bonds is 2. The molecule has 2 atom stereocenters. The molecule has 1 aromatic heterocycles. The molecule has 3 heterocycles. The quantitative estimate of drug-likeness (QED) is 0.492. The highest BCUT2D eigenvalue weighted by molar-refractivity contribution is 6.28. The van der Waals surface area contributed by atoms with Gasteiger partial charge in [-0.2, -0.15) is 13.2 Å². The fraction of sp³-hybridized carbons (Fsp3) is 0.435. The minimum atomic E-state index is -4.93. The average molecular weight is 476 g/mol. The summed E-state index contributed by atoms with van der Waals surface area (Å²) in [4.78, 5) is 25.4. The fourth-order valence-corrected chi connectivity index (χ4v) is 5.33. The van der Waals surface area contributed by atoms with E-state index in [0.717, 1.165) is 29.0 Å². The first-order chi connectivity index (χ1) is 15.8. The number of alkyl halides is 3. The molecule has 0 saturated carbocycles. The van der Waals surface area contributed by atoms with Crippen LogP contribution in [-0.4, -0.2) is 57.5 Å². The van der Waals surface area contributed by atoms with Crippen molar-refractivity contribution in [2.75, 3.05) is 24.5 Å². The summed E-state index contributed by atoms with van der Waals surface area (Å²) in [7, 11) is 0. The van der Waals surface area contributed by atoms with Gasteiger partial charge in [-0.1, -0.05) is 30.2 Å². The van der Waals surface area contributed by atoms with E-state index in [1.165, 1.54) is 11.1 Å². The largest absolute Gasteiger partial charge is 0.471 e. The second-order valence-corrected chi connectivity index (χ2v) is 8.86. The number of anilines is 1. The van der Waals surface area contributed by atoms with Crippen molar-refractivity contribution in [2.45, 2.75) is 44.2 Å². The van der Waals surface area contributed by atoms with Gasteiger partial charge in [0.05, 0.1) is 12.2 Å². The van der Waals surface area contributed by atoms with Crippen LogP contribution in [0.4, 0.5) is 19.0 Å². The highest BCUT2D eigenvalue weighted by Crippen LogP contribution is 2.42. The molecule has 0 N–H and O–H groups in total. The number of hydrogen-bond acceptors (Lipinski definition) is 5. The summed E-state index contributed by atoms with van der Waals surface area (Å²) in [5.74, 6) is 1.19. The Labute approximate surface area is 194 Å². The van der Waals surface area contributed by atoms with Crippen LogP contribution in [0.5, 0.6) is 0 Å². The standard InChI is InChI=1S/C23H21ClF3N5O/c1-2-15-11-30(21(33)23(25,26)27)9-10-32(15)20-17-12-31(13-18(17)28-22(24)29-20)19-8-7-14-5-3-4-6-16(14)19/h1,3-6,15,19H,7-13H2. The van der Waals surface area contributed by atoms with Crippen LogP contribution in [0.25, 0.3) is 0 Å². The van der Waals surface area contributed by atoms with E-state index in [-0.39, 0.29) is 31.0 Å². The van der Waals surface area contributed by atoms with Gasteiger partial charge in [-0.3, -0.25) is 9.69 Å². The lowest BCUT2D eigenvalue weighted by Crippen LogP contribution is -2.57. The smallest absolute Gasteiger partial charge is 0.339 e. The van der Waals surface area contributed by atoms with E-state index < -0.39 is 18.1 Å². The summed E-state index contributed by atoms with van der Waals surface area (Å²) in [6.07, 6.45) is 2.76. The Morgan fingerprint density at radius 2 is 1.97 bits per heavy atom. The zero-order valence-corrected chi connectivity index (χ0v) is 18.4. The number of benzene rings is 1. The highest BCUT2D eigenvalue weighted by atomic mass is 35.5.